The van der Waals surface area contributed by atoms with E-state index in [-0.39, 0.29) is 12.5 Å². The standard InChI is InChI=1S/C16H17FN2O5/c1-8(14-15(21)18-7-13(20)19-14)23-16(22)11-5-3-9-2-4-10(17)6-12(9)24-11/h2,4,6,8,11,14H,3,5,7H2,1H3,(H,18,21)(H,19,20). The Morgan fingerprint density at radius 3 is 3.00 bits per heavy atom. The van der Waals surface area contributed by atoms with Crippen LogP contribution in [-0.4, -0.2) is 42.6 Å². The maximum atomic E-state index is 13.3. The zero-order valence-electron chi connectivity index (χ0n) is 13.0. The van der Waals surface area contributed by atoms with Gasteiger partial charge in [-0.2, -0.15) is 0 Å². The maximum absolute atomic E-state index is 13.3. The van der Waals surface area contributed by atoms with Crippen molar-refractivity contribution in [1.29, 1.82) is 0 Å². The van der Waals surface area contributed by atoms with E-state index >= 15 is 0 Å². The molecule has 3 unspecified atom stereocenters. The molecule has 0 saturated carbocycles. The number of nitrogens with one attached hydrogen (secondary N) is 2. The Labute approximate surface area is 137 Å². The van der Waals surface area contributed by atoms with Crippen LogP contribution < -0.4 is 15.4 Å². The molecule has 3 rings (SSSR count). The number of amides is 2. The second kappa shape index (κ2) is 6.46. The van der Waals surface area contributed by atoms with Crippen LogP contribution in [0.25, 0.3) is 0 Å². The van der Waals surface area contributed by atoms with Crippen LogP contribution in [0.5, 0.6) is 5.75 Å². The van der Waals surface area contributed by atoms with Crippen LogP contribution in [0.3, 0.4) is 0 Å². The summed E-state index contributed by atoms with van der Waals surface area (Å²) in [5, 5.41) is 4.90. The first-order valence-electron chi connectivity index (χ1n) is 7.66. The maximum Gasteiger partial charge on any atom is 0.347 e. The minimum absolute atomic E-state index is 0.0932. The van der Waals surface area contributed by atoms with Gasteiger partial charge in [0.1, 0.15) is 23.7 Å². The Morgan fingerprint density at radius 2 is 2.21 bits per heavy atom. The number of hydrogen-bond donors (Lipinski definition) is 2. The largest absolute Gasteiger partial charge is 0.478 e. The van der Waals surface area contributed by atoms with Crippen molar-refractivity contribution in [3.8, 4) is 5.75 Å². The molecule has 1 fully saturated rings. The average Bonchev–Trinajstić information content (AvgIpc) is 2.56. The molecule has 0 radical (unpaired) electrons. The van der Waals surface area contributed by atoms with Crippen molar-refractivity contribution in [3.05, 3.63) is 29.6 Å². The van der Waals surface area contributed by atoms with E-state index < -0.39 is 35.9 Å². The third kappa shape index (κ3) is 3.32. The van der Waals surface area contributed by atoms with Crippen molar-refractivity contribution in [2.45, 2.75) is 38.0 Å². The fourth-order valence-corrected chi connectivity index (χ4v) is 2.73. The van der Waals surface area contributed by atoms with E-state index in [0.29, 0.717) is 18.6 Å². The molecular formula is C16H17FN2O5. The van der Waals surface area contributed by atoms with Crippen molar-refractivity contribution in [1.82, 2.24) is 10.6 Å². The molecule has 3 atom stereocenters. The summed E-state index contributed by atoms with van der Waals surface area (Å²) in [5.41, 5.74) is 0.826. The fraction of sp³-hybridized carbons (Fsp3) is 0.438. The topological polar surface area (TPSA) is 93.7 Å². The molecule has 1 saturated heterocycles. The molecule has 0 spiro atoms. The highest BCUT2D eigenvalue weighted by molar-refractivity contribution is 5.95. The lowest BCUT2D eigenvalue weighted by Crippen LogP contribution is -2.61. The molecule has 0 aromatic heterocycles. The molecule has 2 aliphatic heterocycles. The monoisotopic (exact) mass is 336 g/mol. The van der Waals surface area contributed by atoms with Crippen molar-refractivity contribution in [2.75, 3.05) is 6.54 Å². The summed E-state index contributed by atoms with van der Waals surface area (Å²) in [6.45, 7) is 1.42. The van der Waals surface area contributed by atoms with E-state index in [0.717, 1.165) is 5.56 Å². The first kappa shape index (κ1) is 16.2. The number of benzene rings is 1. The van der Waals surface area contributed by atoms with Crippen LogP contribution in [0.4, 0.5) is 4.39 Å². The van der Waals surface area contributed by atoms with Gasteiger partial charge in [-0.15, -0.1) is 0 Å². The van der Waals surface area contributed by atoms with Crippen LogP contribution in [-0.2, 0) is 25.5 Å². The third-order valence-electron chi connectivity index (χ3n) is 4.03. The molecule has 1 aromatic carbocycles. The number of fused-ring (bicyclic) bond motifs is 1. The smallest absolute Gasteiger partial charge is 0.347 e. The molecule has 7 nitrogen and oxygen atoms in total. The highest BCUT2D eigenvalue weighted by atomic mass is 19.1. The molecule has 24 heavy (non-hydrogen) atoms. The summed E-state index contributed by atoms with van der Waals surface area (Å²) < 4.78 is 24.0. The van der Waals surface area contributed by atoms with Gasteiger partial charge in [0.2, 0.25) is 11.8 Å². The second-order valence-corrected chi connectivity index (χ2v) is 5.80. The quantitative estimate of drug-likeness (QED) is 0.762. The number of hydrogen-bond acceptors (Lipinski definition) is 5. The van der Waals surface area contributed by atoms with E-state index in [1.165, 1.54) is 19.1 Å². The lowest BCUT2D eigenvalue weighted by molar-refractivity contribution is -0.161. The highest BCUT2D eigenvalue weighted by Crippen LogP contribution is 2.29. The summed E-state index contributed by atoms with van der Waals surface area (Å²) >= 11 is 0. The van der Waals surface area contributed by atoms with Crippen LogP contribution in [0.1, 0.15) is 18.9 Å². The Hall–Kier alpha value is -2.64. The predicted octanol–water partition coefficient (Wildman–Crippen LogP) is 0.0656. The van der Waals surface area contributed by atoms with Crippen molar-refractivity contribution in [2.24, 2.45) is 0 Å². The van der Waals surface area contributed by atoms with Crippen LogP contribution in [0.15, 0.2) is 18.2 Å². The van der Waals surface area contributed by atoms with E-state index in [1.807, 2.05) is 0 Å². The van der Waals surface area contributed by atoms with Gasteiger partial charge in [0.15, 0.2) is 6.10 Å². The fourth-order valence-electron chi connectivity index (χ4n) is 2.73. The molecule has 0 aliphatic carbocycles. The third-order valence-corrected chi connectivity index (χ3v) is 4.03. The minimum Gasteiger partial charge on any atom is -0.478 e. The Kier molecular flexibility index (Phi) is 4.37. The number of halogens is 1. The van der Waals surface area contributed by atoms with Crippen molar-refractivity contribution < 1.29 is 28.2 Å². The Morgan fingerprint density at radius 1 is 1.42 bits per heavy atom. The Balaban J connectivity index is 1.63. The molecule has 2 N–H and O–H groups in total. The summed E-state index contributed by atoms with van der Waals surface area (Å²) in [6.07, 6.45) is -0.763. The summed E-state index contributed by atoms with van der Waals surface area (Å²) in [6, 6.07) is 3.25. The van der Waals surface area contributed by atoms with E-state index in [9.17, 15) is 18.8 Å². The van der Waals surface area contributed by atoms with Gasteiger partial charge in [0.05, 0.1) is 6.54 Å². The molecular weight excluding hydrogens is 319 g/mol. The second-order valence-electron chi connectivity index (χ2n) is 5.80. The molecule has 2 aliphatic rings. The summed E-state index contributed by atoms with van der Waals surface area (Å²) in [7, 11) is 0. The van der Waals surface area contributed by atoms with E-state index in [2.05, 4.69) is 10.6 Å². The van der Waals surface area contributed by atoms with Gasteiger partial charge in [-0.25, -0.2) is 9.18 Å². The first-order chi connectivity index (χ1) is 11.4. The lowest BCUT2D eigenvalue weighted by Gasteiger charge is -2.30. The molecule has 1 aromatic rings. The van der Waals surface area contributed by atoms with E-state index in [1.54, 1.807) is 6.07 Å². The van der Waals surface area contributed by atoms with Gasteiger partial charge in [0.25, 0.3) is 0 Å². The number of esters is 1. The molecule has 2 amide bonds. The molecule has 128 valence electrons. The predicted molar refractivity (Wildman–Crippen MR) is 79.6 cm³/mol. The van der Waals surface area contributed by atoms with Crippen LogP contribution >= 0.6 is 0 Å². The zero-order valence-corrected chi connectivity index (χ0v) is 13.0. The molecule has 2 heterocycles. The van der Waals surface area contributed by atoms with Gasteiger partial charge in [-0.05, 0) is 31.4 Å². The van der Waals surface area contributed by atoms with Gasteiger partial charge >= 0.3 is 5.97 Å². The number of aryl methyl sites for hydroxylation is 1. The van der Waals surface area contributed by atoms with Gasteiger partial charge in [-0.3, -0.25) is 9.59 Å². The van der Waals surface area contributed by atoms with E-state index in [4.69, 9.17) is 9.47 Å². The minimum atomic E-state index is -0.941. The molecule has 8 heteroatoms. The zero-order chi connectivity index (χ0) is 17.3. The van der Waals surface area contributed by atoms with Crippen LogP contribution in [0.2, 0.25) is 0 Å². The molecule has 0 bridgehead atoms. The van der Waals surface area contributed by atoms with Crippen molar-refractivity contribution >= 4 is 17.8 Å². The number of piperazine rings is 1. The highest BCUT2D eigenvalue weighted by Gasteiger charge is 2.35. The SMILES string of the molecule is CC(OC(=O)C1CCc2ccc(F)cc2O1)C1NC(=O)CNC1=O. The average molecular weight is 336 g/mol. The van der Waals surface area contributed by atoms with Gasteiger partial charge in [0, 0.05) is 6.07 Å². The normalized spacial score (nSPS) is 24.1. The lowest BCUT2D eigenvalue weighted by atomic mass is 10.0. The summed E-state index contributed by atoms with van der Waals surface area (Å²) in [4.78, 5) is 35.4. The van der Waals surface area contributed by atoms with Gasteiger partial charge < -0.3 is 20.1 Å². The van der Waals surface area contributed by atoms with Crippen LogP contribution in [0, 0.1) is 5.82 Å². The van der Waals surface area contributed by atoms with Gasteiger partial charge in [-0.1, -0.05) is 6.07 Å². The summed E-state index contributed by atoms with van der Waals surface area (Å²) in [5.74, 6) is -1.53. The first-order valence-corrected chi connectivity index (χ1v) is 7.66. The van der Waals surface area contributed by atoms with Crippen molar-refractivity contribution in [3.63, 3.8) is 0 Å². The number of carbonyl (C=O) groups excluding carboxylic acids is 3. The number of carbonyl (C=O) groups is 3. The Bertz CT molecular complexity index is 693. The number of rotatable bonds is 3. The number of ether oxygens (including phenoxy) is 2.